The smallest absolute Gasteiger partial charge is 0.0113 e. The molecule has 0 heterocycles. The van der Waals surface area contributed by atoms with Crippen molar-refractivity contribution in [3.63, 3.8) is 0 Å². The Kier molecular flexibility index (Phi) is 2.45. The summed E-state index contributed by atoms with van der Waals surface area (Å²) in [6.07, 6.45) is 8.51. The van der Waals surface area contributed by atoms with Gasteiger partial charge in [0.2, 0.25) is 0 Å². The van der Waals surface area contributed by atoms with Crippen LogP contribution < -0.4 is 0 Å². The minimum Gasteiger partial charge on any atom is -0.0736 e. The van der Waals surface area contributed by atoms with Crippen LogP contribution in [-0.2, 0) is 5.41 Å². The van der Waals surface area contributed by atoms with E-state index in [9.17, 15) is 0 Å². The van der Waals surface area contributed by atoms with Crippen LogP contribution in [0, 0.1) is 0 Å². The maximum Gasteiger partial charge on any atom is 0.0113 e. The summed E-state index contributed by atoms with van der Waals surface area (Å²) < 4.78 is 0. The molecule has 0 heteroatoms. The van der Waals surface area contributed by atoms with Crippen molar-refractivity contribution < 1.29 is 0 Å². The maximum atomic E-state index is 2.37. The zero-order valence-corrected chi connectivity index (χ0v) is 9.09. The van der Waals surface area contributed by atoms with Crippen molar-refractivity contribution in [3.8, 4) is 0 Å². The molecule has 0 aromatic heterocycles. The first kappa shape index (κ1) is 9.51. The summed E-state index contributed by atoms with van der Waals surface area (Å²) in [6, 6.07) is 8.75. The summed E-state index contributed by atoms with van der Waals surface area (Å²) in [5.41, 5.74) is 3.21. The first-order valence-corrected chi connectivity index (χ1v) is 5.55. The van der Waals surface area contributed by atoms with Gasteiger partial charge in [0.1, 0.15) is 0 Å². The van der Waals surface area contributed by atoms with Gasteiger partial charge in [-0.1, -0.05) is 63.1 Å². The van der Waals surface area contributed by atoms with Gasteiger partial charge in [-0.25, -0.2) is 0 Å². The summed E-state index contributed by atoms with van der Waals surface area (Å²) >= 11 is 0. The molecule has 74 valence electrons. The summed E-state index contributed by atoms with van der Waals surface area (Å²) in [7, 11) is 0. The molecule has 14 heavy (non-hydrogen) atoms. The summed E-state index contributed by atoms with van der Waals surface area (Å²) in [6.45, 7) is 4.61. The number of unbranched alkanes of at least 4 members (excludes halogenated alkanes) is 1. The highest BCUT2D eigenvalue weighted by molar-refractivity contribution is 5.64. The second kappa shape index (κ2) is 3.61. The van der Waals surface area contributed by atoms with Gasteiger partial charge in [-0.3, -0.25) is 0 Å². The Hall–Kier alpha value is -1.04. The van der Waals surface area contributed by atoms with Crippen LogP contribution >= 0.6 is 0 Å². The SMILES string of the molecule is CCCCC1(C)C=Cc2ccccc21. The van der Waals surface area contributed by atoms with Crippen LogP contribution in [0.25, 0.3) is 6.08 Å². The average molecular weight is 186 g/mol. The molecule has 1 aromatic rings. The lowest BCUT2D eigenvalue weighted by Crippen LogP contribution is -2.16. The number of hydrogen-bond donors (Lipinski definition) is 0. The molecule has 1 unspecified atom stereocenters. The zero-order chi connectivity index (χ0) is 10.0. The van der Waals surface area contributed by atoms with E-state index in [2.05, 4.69) is 50.3 Å². The quantitative estimate of drug-likeness (QED) is 0.665. The van der Waals surface area contributed by atoms with Gasteiger partial charge >= 0.3 is 0 Å². The molecule has 0 spiro atoms. The number of benzene rings is 1. The second-order valence-electron chi connectivity index (χ2n) is 4.44. The molecule has 0 radical (unpaired) electrons. The summed E-state index contributed by atoms with van der Waals surface area (Å²) in [5, 5.41) is 0. The highest BCUT2D eigenvalue weighted by atomic mass is 14.3. The third-order valence-corrected chi connectivity index (χ3v) is 3.26. The predicted molar refractivity (Wildman–Crippen MR) is 62.4 cm³/mol. The molecule has 0 nitrogen and oxygen atoms in total. The molecular weight excluding hydrogens is 168 g/mol. The molecular formula is C14H18. The molecule has 1 aromatic carbocycles. The lowest BCUT2D eigenvalue weighted by molar-refractivity contribution is 0.517. The molecule has 0 amide bonds. The molecule has 0 N–H and O–H groups in total. The normalized spacial score (nSPS) is 23.9. The van der Waals surface area contributed by atoms with E-state index in [4.69, 9.17) is 0 Å². The van der Waals surface area contributed by atoms with Crippen LogP contribution in [0.5, 0.6) is 0 Å². The molecule has 0 bridgehead atoms. The van der Waals surface area contributed by atoms with E-state index in [1.807, 2.05) is 0 Å². The van der Waals surface area contributed by atoms with Crippen molar-refractivity contribution >= 4 is 6.08 Å². The summed E-state index contributed by atoms with van der Waals surface area (Å²) in [5.74, 6) is 0. The average Bonchev–Trinajstić information content (AvgIpc) is 2.55. The topological polar surface area (TPSA) is 0 Å². The largest absolute Gasteiger partial charge is 0.0736 e. The van der Waals surface area contributed by atoms with Crippen molar-refractivity contribution in [2.24, 2.45) is 0 Å². The zero-order valence-electron chi connectivity index (χ0n) is 9.09. The first-order chi connectivity index (χ1) is 6.76. The lowest BCUT2D eigenvalue weighted by atomic mass is 9.80. The number of hydrogen-bond acceptors (Lipinski definition) is 0. The van der Waals surface area contributed by atoms with Crippen molar-refractivity contribution in [3.05, 3.63) is 41.5 Å². The third kappa shape index (κ3) is 1.50. The Balaban J connectivity index is 2.28. The van der Waals surface area contributed by atoms with E-state index in [1.165, 1.54) is 30.4 Å². The Morgan fingerprint density at radius 3 is 2.79 bits per heavy atom. The Morgan fingerprint density at radius 2 is 2.00 bits per heavy atom. The maximum absolute atomic E-state index is 2.37. The highest BCUT2D eigenvalue weighted by Crippen LogP contribution is 2.39. The molecule has 0 fully saturated rings. The lowest BCUT2D eigenvalue weighted by Gasteiger charge is -2.23. The monoisotopic (exact) mass is 186 g/mol. The third-order valence-electron chi connectivity index (χ3n) is 3.26. The van der Waals surface area contributed by atoms with E-state index < -0.39 is 0 Å². The Morgan fingerprint density at radius 1 is 1.21 bits per heavy atom. The number of rotatable bonds is 3. The van der Waals surface area contributed by atoms with Crippen LogP contribution in [0.15, 0.2) is 30.3 Å². The number of allylic oxidation sites excluding steroid dienone is 1. The van der Waals surface area contributed by atoms with Gasteiger partial charge in [0, 0.05) is 5.41 Å². The Labute approximate surface area is 86.7 Å². The van der Waals surface area contributed by atoms with E-state index >= 15 is 0 Å². The minimum atomic E-state index is 0.298. The molecule has 0 aliphatic heterocycles. The van der Waals surface area contributed by atoms with Gasteiger partial charge in [0.05, 0.1) is 0 Å². The fourth-order valence-corrected chi connectivity index (χ4v) is 2.29. The molecule has 0 saturated heterocycles. The van der Waals surface area contributed by atoms with Crippen LogP contribution in [0.2, 0.25) is 0 Å². The van der Waals surface area contributed by atoms with Crippen LogP contribution in [0.4, 0.5) is 0 Å². The van der Waals surface area contributed by atoms with Gasteiger partial charge in [-0.05, 0) is 17.5 Å². The number of fused-ring (bicyclic) bond motifs is 1. The van der Waals surface area contributed by atoms with Crippen LogP contribution in [0.3, 0.4) is 0 Å². The van der Waals surface area contributed by atoms with Crippen molar-refractivity contribution in [2.75, 3.05) is 0 Å². The molecule has 0 saturated carbocycles. The van der Waals surface area contributed by atoms with Gasteiger partial charge in [0.15, 0.2) is 0 Å². The molecule has 1 atom stereocenters. The standard InChI is InChI=1S/C14H18/c1-3-4-10-14(2)11-9-12-7-5-6-8-13(12)14/h5-9,11H,3-4,10H2,1-2H3. The fraction of sp³-hybridized carbons (Fsp3) is 0.429. The van der Waals surface area contributed by atoms with Crippen molar-refractivity contribution in [2.45, 2.75) is 38.5 Å². The van der Waals surface area contributed by atoms with Crippen LogP contribution in [-0.4, -0.2) is 0 Å². The van der Waals surface area contributed by atoms with Gasteiger partial charge < -0.3 is 0 Å². The first-order valence-electron chi connectivity index (χ1n) is 5.55. The molecule has 1 aliphatic carbocycles. The second-order valence-corrected chi connectivity index (χ2v) is 4.44. The van der Waals surface area contributed by atoms with Gasteiger partial charge in [-0.2, -0.15) is 0 Å². The fourth-order valence-electron chi connectivity index (χ4n) is 2.29. The van der Waals surface area contributed by atoms with Crippen molar-refractivity contribution in [1.82, 2.24) is 0 Å². The Bertz CT molecular complexity index is 349. The molecule has 2 rings (SSSR count). The summed E-state index contributed by atoms with van der Waals surface area (Å²) in [4.78, 5) is 0. The van der Waals surface area contributed by atoms with E-state index in [1.54, 1.807) is 0 Å². The van der Waals surface area contributed by atoms with E-state index in [0.717, 1.165) is 0 Å². The predicted octanol–water partition coefficient (Wildman–Crippen LogP) is 4.16. The van der Waals surface area contributed by atoms with Crippen LogP contribution in [0.1, 0.15) is 44.2 Å². The van der Waals surface area contributed by atoms with E-state index in [-0.39, 0.29) is 0 Å². The highest BCUT2D eigenvalue weighted by Gasteiger charge is 2.28. The van der Waals surface area contributed by atoms with E-state index in [0.29, 0.717) is 5.41 Å². The van der Waals surface area contributed by atoms with Gasteiger partial charge in [0.25, 0.3) is 0 Å². The molecule has 1 aliphatic rings. The van der Waals surface area contributed by atoms with Gasteiger partial charge in [-0.15, -0.1) is 0 Å². The minimum absolute atomic E-state index is 0.298. The van der Waals surface area contributed by atoms with Crippen molar-refractivity contribution in [1.29, 1.82) is 0 Å².